The third-order valence-electron chi connectivity index (χ3n) is 4.61. The summed E-state index contributed by atoms with van der Waals surface area (Å²) in [5, 5.41) is 7.84. The fraction of sp³-hybridized carbons (Fsp3) is 0.500. The van der Waals surface area contributed by atoms with Gasteiger partial charge in [0.05, 0.1) is 12.2 Å². The lowest BCUT2D eigenvalue weighted by Gasteiger charge is -2.35. The topological polar surface area (TPSA) is 36.3 Å². The number of aryl methyl sites for hydroxylation is 1. The molecule has 2 aromatic rings. The summed E-state index contributed by atoms with van der Waals surface area (Å²) in [5.74, 6) is 0. The van der Waals surface area contributed by atoms with Gasteiger partial charge in [-0.2, -0.15) is 5.10 Å². The molecule has 3 rings (SSSR count). The first kappa shape index (κ1) is 15.9. The van der Waals surface area contributed by atoms with Gasteiger partial charge in [0, 0.05) is 50.3 Å². The van der Waals surface area contributed by atoms with Crippen molar-refractivity contribution in [2.45, 2.75) is 26.9 Å². The molecule has 1 N–H and O–H groups in total. The molecule has 0 radical (unpaired) electrons. The maximum atomic E-state index is 4.32. The zero-order valence-electron chi connectivity index (χ0n) is 14.2. The van der Waals surface area contributed by atoms with Crippen LogP contribution in [-0.2, 0) is 13.1 Å². The maximum Gasteiger partial charge on any atom is 0.0575 e. The second-order valence-electron chi connectivity index (χ2n) is 5.96. The molecular weight excluding hydrogens is 286 g/mol. The number of nitrogens with zero attached hydrogens (tertiary/aromatic N) is 4. The average molecular weight is 313 g/mol. The quantitative estimate of drug-likeness (QED) is 0.889. The molecule has 0 unspecified atom stereocenters. The number of aromatic nitrogens is 2. The molecular formula is C18H27N5. The van der Waals surface area contributed by atoms with Gasteiger partial charge in [-0.3, -0.25) is 4.68 Å². The van der Waals surface area contributed by atoms with Crippen molar-refractivity contribution in [1.82, 2.24) is 14.7 Å². The SMILES string of the molecule is CCN1CCN(c2cccc(NCc3ccnn3CC)c2)CC1. The molecule has 23 heavy (non-hydrogen) atoms. The van der Waals surface area contributed by atoms with Crippen LogP contribution in [0.2, 0.25) is 0 Å². The van der Waals surface area contributed by atoms with Gasteiger partial charge in [0.1, 0.15) is 0 Å². The van der Waals surface area contributed by atoms with E-state index in [1.165, 1.54) is 17.1 Å². The van der Waals surface area contributed by atoms with E-state index in [-0.39, 0.29) is 0 Å². The lowest BCUT2D eigenvalue weighted by atomic mass is 10.2. The van der Waals surface area contributed by atoms with Crippen LogP contribution < -0.4 is 10.2 Å². The molecule has 0 atom stereocenters. The summed E-state index contributed by atoms with van der Waals surface area (Å²) in [6.45, 7) is 11.8. The number of hydrogen-bond acceptors (Lipinski definition) is 4. The second kappa shape index (κ2) is 7.51. The van der Waals surface area contributed by atoms with Crippen LogP contribution in [-0.4, -0.2) is 47.4 Å². The van der Waals surface area contributed by atoms with E-state index in [0.29, 0.717) is 0 Å². The zero-order chi connectivity index (χ0) is 16.1. The monoisotopic (exact) mass is 313 g/mol. The standard InChI is InChI=1S/C18H27N5/c1-3-21-10-12-22(13-11-21)17-7-5-6-16(14-17)19-15-18-8-9-20-23(18)4-2/h5-9,14,19H,3-4,10-13,15H2,1-2H3. The van der Waals surface area contributed by atoms with Gasteiger partial charge in [-0.1, -0.05) is 13.0 Å². The van der Waals surface area contributed by atoms with Crippen LogP contribution in [0.1, 0.15) is 19.5 Å². The molecule has 0 spiro atoms. The molecule has 0 bridgehead atoms. The molecule has 5 heteroatoms. The molecule has 5 nitrogen and oxygen atoms in total. The van der Waals surface area contributed by atoms with E-state index in [9.17, 15) is 0 Å². The Balaban J connectivity index is 1.61. The molecule has 1 aromatic carbocycles. The first-order valence-electron chi connectivity index (χ1n) is 8.62. The van der Waals surface area contributed by atoms with E-state index in [1.807, 2.05) is 10.9 Å². The Kier molecular flexibility index (Phi) is 5.18. The number of likely N-dealkylation sites (N-methyl/N-ethyl adjacent to an activating group) is 1. The Morgan fingerprint density at radius 3 is 2.61 bits per heavy atom. The summed E-state index contributed by atoms with van der Waals surface area (Å²) >= 11 is 0. The van der Waals surface area contributed by atoms with Crippen LogP contribution in [0.4, 0.5) is 11.4 Å². The molecule has 0 saturated carbocycles. The molecule has 0 aliphatic carbocycles. The highest BCUT2D eigenvalue weighted by Gasteiger charge is 2.15. The predicted octanol–water partition coefficient (Wildman–Crippen LogP) is 2.66. The smallest absolute Gasteiger partial charge is 0.0575 e. The summed E-state index contributed by atoms with van der Waals surface area (Å²) in [6, 6.07) is 10.8. The Morgan fingerprint density at radius 1 is 1.04 bits per heavy atom. The van der Waals surface area contributed by atoms with Crippen molar-refractivity contribution in [2.75, 3.05) is 42.9 Å². The van der Waals surface area contributed by atoms with E-state index in [0.717, 1.165) is 45.8 Å². The van der Waals surface area contributed by atoms with Crippen LogP contribution in [0.5, 0.6) is 0 Å². The van der Waals surface area contributed by atoms with E-state index in [2.05, 4.69) is 64.4 Å². The Labute approximate surface area is 138 Å². The van der Waals surface area contributed by atoms with Crippen LogP contribution in [0, 0.1) is 0 Å². The second-order valence-corrected chi connectivity index (χ2v) is 5.96. The first-order chi connectivity index (χ1) is 11.3. The van der Waals surface area contributed by atoms with Gasteiger partial charge < -0.3 is 15.1 Å². The lowest BCUT2D eigenvalue weighted by molar-refractivity contribution is 0.271. The van der Waals surface area contributed by atoms with Crippen LogP contribution >= 0.6 is 0 Å². The number of anilines is 2. The number of benzene rings is 1. The van der Waals surface area contributed by atoms with Crippen molar-refractivity contribution in [2.24, 2.45) is 0 Å². The third kappa shape index (κ3) is 3.85. The highest BCUT2D eigenvalue weighted by atomic mass is 15.3. The summed E-state index contributed by atoms with van der Waals surface area (Å²) in [5.41, 5.74) is 3.70. The minimum Gasteiger partial charge on any atom is -0.379 e. The molecule has 1 saturated heterocycles. The summed E-state index contributed by atoms with van der Waals surface area (Å²) in [7, 11) is 0. The largest absolute Gasteiger partial charge is 0.379 e. The summed E-state index contributed by atoms with van der Waals surface area (Å²) < 4.78 is 2.03. The Bertz CT molecular complexity index is 613. The molecule has 1 aliphatic heterocycles. The third-order valence-corrected chi connectivity index (χ3v) is 4.61. The minimum absolute atomic E-state index is 0.806. The number of hydrogen-bond donors (Lipinski definition) is 1. The fourth-order valence-electron chi connectivity index (χ4n) is 3.12. The Hall–Kier alpha value is -2.01. The highest BCUT2D eigenvalue weighted by molar-refractivity contribution is 5.58. The molecule has 1 fully saturated rings. The summed E-state index contributed by atoms with van der Waals surface area (Å²) in [4.78, 5) is 4.98. The van der Waals surface area contributed by atoms with Crippen molar-refractivity contribution in [3.05, 3.63) is 42.2 Å². The molecule has 2 heterocycles. The van der Waals surface area contributed by atoms with E-state index in [4.69, 9.17) is 0 Å². The zero-order valence-corrected chi connectivity index (χ0v) is 14.2. The van der Waals surface area contributed by atoms with Gasteiger partial charge in [-0.25, -0.2) is 0 Å². The van der Waals surface area contributed by atoms with Crippen LogP contribution in [0.3, 0.4) is 0 Å². The molecule has 124 valence electrons. The molecule has 1 aromatic heterocycles. The van der Waals surface area contributed by atoms with Crippen LogP contribution in [0.15, 0.2) is 36.5 Å². The van der Waals surface area contributed by atoms with Crippen molar-refractivity contribution in [3.63, 3.8) is 0 Å². The number of nitrogens with one attached hydrogen (secondary N) is 1. The highest BCUT2D eigenvalue weighted by Crippen LogP contribution is 2.21. The number of piperazine rings is 1. The predicted molar refractivity (Wildman–Crippen MR) is 96.0 cm³/mol. The fourth-order valence-corrected chi connectivity index (χ4v) is 3.12. The minimum atomic E-state index is 0.806. The van der Waals surface area contributed by atoms with Crippen molar-refractivity contribution in [3.8, 4) is 0 Å². The molecule has 1 aliphatic rings. The van der Waals surface area contributed by atoms with Crippen molar-refractivity contribution in [1.29, 1.82) is 0 Å². The lowest BCUT2D eigenvalue weighted by Crippen LogP contribution is -2.46. The van der Waals surface area contributed by atoms with Gasteiger partial charge in [-0.05, 0) is 37.7 Å². The van der Waals surface area contributed by atoms with Gasteiger partial charge in [0.15, 0.2) is 0 Å². The van der Waals surface area contributed by atoms with Gasteiger partial charge >= 0.3 is 0 Å². The summed E-state index contributed by atoms with van der Waals surface area (Å²) in [6.07, 6.45) is 1.87. The Morgan fingerprint density at radius 2 is 1.87 bits per heavy atom. The maximum absolute atomic E-state index is 4.32. The van der Waals surface area contributed by atoms with Gasteiger partial charge in [0.25, 0.3) is 0 Å². The average Bonchev–Trinajstić information content (AvgIpc) is 3.08. The van der Waals surface area contributed by atoms with Gasteiger partial charge in [0.2, 0.25) is 0 Å². The number of rotatable bonds is 6. The first-order valence-corrected chi connectivity index (χ1v) is 8.62. The molecule has 0 amide bonds. The normalized spacial score (nSPS) is 15.8. The van der Waals surface area contributed by atoms with Crippen LogP contribution in [0.25, 0.3) is 0 Å². The van der Waals surface area contributed by atoms with Crippen molar-refractivity contribution >= 4 is 11.4 Å². The van der Waals surface area contributed by atoms with Crippen molar-refractivity contribution < 1.29 is 0 Å². The van der Waals surface area contributed by atoms with E-state index >= 15 is 0 Å². The van der Waals surface area contributed by atoms with E-state index in [1.54, 1.807) is 0 Å². The van der Waals surface area contributed by atoms with E-state index < -0.39 is 0 Å². The van der Waals surface area contributed by atoms with Gasteiger partial charge in [-0.15, -0.1) is 0 Å².